The molecular formula is C15H23N3O. The molecule has 0 radical (unpaired) electrons. The van der Waals surface area contributed by atoms with Crippen molar-refractivity contribution in [3.63, 3.8) is 0 Å². The van der Waals surface area contributed by atoms with Crippen LogP contribution >= 0.6 is 0 Å². The Bertz CT molecular complexity index is 470. The molecule has 3 N–H and O–H groups in total. The quantitative estimate of drug-likeness (QED) is 0.379. The monoisotopic (exact) mass is 261 g/mol. The van der Waals surface area contributed by atoms with E-state index in [0.717, 1.165) is 30.3 Å². The van der Waals surface area contributed by atoms with Crippen molar-refractivity contribution in [1.29, 1.82) is 0 Å². The van der Waals surface area contributed by atoms with Crippen LogP contribution in [0.4, 0.5) is 5.69 Å². The smallest absolute Gasteiger partial charge is 0.172 e. The standard InChI is InChI=1S/C15H23N3O/c1-3-5-12-8-9-18(10-12)14-11(2)6-4-7-13(14)15(16)17-19/h4,6-7,12,19H,3,5,8-10H2,1-2H3,(H2,16,17). The van der Waals surface area contributed by atoms with Gasteiger partial charge in [-0.2, -0.15) is 0 Å². The second kappa shape index (κ2) is 5.95. The first-order valence-corrected chi connectivity index (χ1v) is 6.99. The molecule has 1 saturated heterocycles. The molecule has 1 heterocycles. The van der Waals surface area contributed by atoms with E-state index in [1.807, 2.05) is 12.1 Å². The van der Waals surface area contributed by atoms with Gasteiger partial charge < -0.3 is 15.8 Å². The van der Waals surface area contributed by atoms with Crippen LogP contribution in [0.25, 0.3) is 0 Å². The van der Waals surface area contributed by atoms with Crippen molar-refractivity contribution in [3.05, 3.63) is 29.3 Å². The number of amidine groups is 1. The molecule has 0 bridgehead atoms. The van der Waals surface area contributed by atoms with Gasteiger partial charge in [0.05, 0.1) is 5.69 Å². The summed E-state index contributed by atoms with van der Waals surface area (Å²) in [5, 5.41) is 12.1. The fourth-order valence-corrected chi connectivity index (χ4v) is 3.02. The lowest BCUT2D eigenvalue weighted by molar-refractivity contribution is 0.318. The summed E-state index contributed by atoms with van der Waals surface area (Å²) in [6.45, 7) is 6.44. The molecular weight excluding hydrogens is 238 g/mol. The summed E-state index contributed by atoms with van der Waals surface area (Å²) in [6.07, 6.45) is 3.75. The van der Waals surface area contributed by atoms with Gasteiger partial charge in [-0.1, -0.05) is 30.6 Å². The molecule has 0 saturated carbocycles. The molecule has 1 fully saturated rings. The maximum absolute atomic E-state index is 8.93. The zero-order chi connectivity index (χ0) is 13.8. The maximum atomic E-state index is 8.93. The van der Waals surface area contributed by atoms with Crippen LogP contribution in [0.3, 0.4) is 0 Å². The molecule has 2 rings (SSSR count). The van der Waals surface area contributed by atoms with Gasteiger partial charge in [-0.05, 0) is 37.3 Å². The van der Waals surface area contributed by atoms with Gasteiger partial charge in [-0.3, -0.25) is 0 Å². The van der Waals surface area contributed by atoms with Crippen LogP contribution in [0.5, 0.6) is 0 Å². The average Bonchev–Trinajstić information content (AvgIpc) is 2.86. The summed E-state index contributed by atoms with van der Waals surface area (Å²) in [5.74, 6) is 0.961. The van der Waals surface area contributed by atoms with Crippen LogP contribution in [-0.2, 0) is 0 Å². The maximum Gasteiger partial charge on any atom is 0.172 e. The normalized spacial score (nSPS) is 20.0. The molecule has 0 spiro atoms. The van der Waals surface area contributed by atoms with Gasteiger partial charge in [0.25, 0.3) is 0 Å². The number of aryl methyl sites for hydroxylation is 1. The first kappa shape index (κ1) is 13.7. The summed E-state index contributed by atoms with van der Waals surface area (Å²) < 4.78 is 0. The van der Waals surface area contributed by atoms with Crippen LogP contribution in [0.1, 0.15) is 37.3 Å². The number of hydrogen-bond acceptors (Lipinski definition) is 3. The Morgan fingerprint density at radius 2 is 2.32 bits per heavy atom. The third-order valence-electron chi connectivity index (χ3n) is 3.92. The van der Waals surface area contributed by atoms with E-state index in [2.05, 4.69) is 30.0 Å². The Morgan fingerprint density at radius 3 is 3.00 bits per heavy atom. The van der Waals surface area contributed by atoms with Gasteiger partial charge in [-0.25, -0.2) is 0 Å². The number of nitrogens with zero attached hydrogens (tertiary/aromatic N) is 2. The lowest BCUT2D eigenvalue weighted by atomic mass is 10.0. The van der Waals surface area contributed by atoms with E-state index in [-0.39, 0.29) is 5.84 Å². The minimum atomic E-state index is 0.192. The molecule has 1 aliphatic rings. The van der Waals surface area contributed by atoms with Gasteiger partial charge >= 0.3 is 0 Å². The van der Waals surface area contributed by atoms with Gasteiger partial charge in [0.1, 0.15) is 0 Å². The van der Waals surface area contributed by atoms with Crippen molar-refractivity contribution < 1.29 is 5.21 Å². The van der Waals surface area contributed by atoms with Gasteiger partial charge in [0.2, 0.25) is 0 Å². The molecule has 1 atom stereocenters. The highest BCUT2D eigenvalue weighted by atomic mass is 16.4. The predicted molar refractivity (Wildman–Crippen MR) is 78.9 cm³/mol. The van der Waals surface area contributed by atoms with Crippen molar-refractivity contribution >= 4 is 11.5 Å². The zero-order valence-electron chi connectivity index (χ0n) is 11.8. The predicted octanol–water partition coefficient (Wildman–Crippen LogP) is 2.72. The second-order valence-electron chi connectivity index (χ2n) is 5.35. The average molecular weight is 261 g/mol. The van der Waals surface area contributed by atoms with E-state index in [1.165, 1.54) is 24.8 Å². The molecule has 19 heavy (non-hydrogen) atoms. The molecule has 1 unspecified atom stereocenters. The summed E-state index contributed by atoms with van der Waals surface area (Å²) in [5.41, 5.74) is 8.93. The fraction of sp³-hybridized carbons (Fsp3) is 0.533. The minimum absolute atomic E-state index is 0.192. The van der Waals surface area contributed by atoms with E-state index >= 15 is 0 Å². The van der Waals surface area contributed by atoms with E-state index in [4.69, 9.17) is 10.9 Å². The first-order valence-electron chi connectivity index (χ1n) is 6.99. The lowest BCUT2D eigenvalue weighted by Gasteiger charge is -2.24. The second-order valence-corrected chi connectivity index (χ2v) is 5.35. The number of benzene rings is 1. The van der Waals surface area contributed by atoms with Crippen molar-refractivity contribution in [1.82, 2.24) is 0 Å². The lowest BCUT2D eigenvalue weighted by Crippen LogP contribution is -2.25. The minimum Gasteiger partial charge on any atom is -0.409 e. The third-order valence-corrected chi connectivity index (χ3v) is 3.92. The molecule has 4 heteroatoms. The Labute approximate surface area is 114 Å². The number of rotatable bonds is 4. The van der Waals surface area contributed by atoms with Crippen LogP contribution in [0, 0.1) is 12.8 Å². The largest absolute Gasteiger partial charge is 0.409 e. The van der Waals surface area contributed by atoms with E-state index in [9.17, 15) is 0 Å². The number of oxime groups is 1. The Morgan fingerprint density at radius 1 is 1.53 bits per heavy atom. The van der Waals surface area contributed by atoms with Crippen LogP contribution in [-0.4, -0.2) is 24.1 Å². The Kier molecular flexibility index (Phi) is 4.30. The number of anilines is 1. The summed E-state index contributed by atoms with van der Waals surface area (Å²) in [7, 11) is 0. The molecule has 104 valence electrons. The molecule has 4 nitrogen and oxygen atoms in total. The van der Waals surface area contributed by atoms with E-state index in [1.54, 1.807) is 0 Å². The molecule has 0 aliphatic carbocycles. The van der Waals surface area contributed by atoms with Crippen molar-refractivity contribution in [2.45, 2.75) is 33.1 Å². The number of nitrogens with two attached hydrogens (primary N) is 1. The van der Waals surface area contributed by atoms with Crippen LogP contribution < -0.4 is 10.6 Å². The Hall–Kier alpha value is -1.71. The third kappa shape index (κ3) is 2.83. The molecule has 0 aromatic heterocycles. The number of para-hydroxylation sites is 1. The fourth-order valence-electron chi connectivity index (χ4n) is 3.02. The number of hydrogen-bond donors (Lipinski definition) is 2. The molecule has 1 aromatic carbocycles. The first-order chi connectivity index (χ1) is 9.17. The van der Waals surface area contributed by atoms with Gasteiger partial charge in [0.15, 0.2) is 5.84 Å². The highest BCUT2D eigenvalue weighted by molar-refractivity contribution is 6.02. The van der Waals surface area contributed by atoms with Crippen LogP contribution in [0.2, 0.25) is 0 Å². The summed E-state index contributed by atoms with van der Waals surface area (Å²) in [4.78, 5) is 2.38. The topological polar surface area (TPSA) is 61.8 Å². The van der Waals surface area contributed by atoms with Gasteiger partial charge in [0, 0.05) is 18.7 Å². The van der Waals surface area contributed by atoms with E-state index < -0.39 is 0 Å². The highest BCUT2D eigenvalue weighted by Crippen LogP contribution is 2.31. The van der Waals surface area contributed by atoms with Crippen molar-refractivity contribution in [3.8, 4) is 0 Å². The SMILES string of the molecule is CCCC1CCN(c2c(C)cccc2/C(N)=N/O)C1. The summed E-state index contributed by atoms with van der Waals surface area (Å²) >= 11 is 0. The van der Waals surface area contributed by atoms with Crippen LogP contribution in [0.15, 0.2) is 23.4 Å². The zero-order valence-corrected chi connectivity index (χ0v) is 11.8. The van der Waals surface area contributed by atoms with Crippen molar-refractivity contribution in [2.24, 2.45) is 16.8 Å². The van der Waals surface area contributed by atoms with Gasteiger partial charge in [-0.15, -0.1) is 0 Å². The molecule has 1 aliphatic heterocycles. The Balaban J connectivity index is 2.29. The summed E-state index contributed by atoms with van der Waals surface area (Å²) in [6, 6.07) is 5.95. The van der Waals surface area contributed by atoms with E-state index in [0.29, 0.717) is 0 Å². The van der Waals surface area contributed by atoms with Crippen molar-refractivity contribution in [2.75, 3.05) is 18.0 Å². The molecule has 1 aromatic rings. The highest BCUT2D eigenvalue weighted by Gasteiger charge is 2.25. The molecule has 0 amide bonds.